The van der Waals surface area contributed by atoms with Gasteiger partial charge in [-0.1, -0.05) is 13.8 Å². The fraction of sp³-hybridized carbons (Fsp3) is 0.667. The van der Waals surface area contributed by atoms with Crippen molar-refractivity contribution < 1.29 is 14.6 Å². The first-order valence-corrected chi connectivity index (χ1v) is 7.07. The van der Waals surface area contributed by atoms with Gasteiger partial charge in [0.25, 0.3) is 0 Å². The number of hydrogen-bond acceptors (Lipinski definition) is 5. The predicted molar refractivity (Wildman–Crippen MR) is 75.7 cm³/mol. The van der Waals surface area contributed by atoms with E-state index in [2.05, 4.69) is 15.6 Å². The number of hydrogen-bond donors (Lipinski definition) is 3. The number of aliphatic hydroxyl groups is 1. The van der Waals surface area contributed by atoms with Gasteiger partial charge >= 0.3 is 6.03 Å². The molecule has 0 aliphatic rings. The number of rotatable bonds is 7. The minimum Gasteiger partial charge on any atom is -0.394 e. The molecule has 0 saturated heterocycles. The smallest absolute Gasteiger partial charge is 0.321 e. The number of methoxy groups -OCH3 is 1. The van der Waals surface area contributed by atoms with Crippen LogP contribution in [0.15, 0.2) is 5.38 Å². The van der Waals surface area contributed by atoms with Gasteiger partial charge in [0, 0.05) is 19.1 Å². The number of carbonyl (C=O) groups is 1. The molecule has 1 rings (SSSR count). The first-order valence-electron chi connectivity index (χ1n) is 6.19. The third-order valence-corrected chi connectivity index (χ3v) is 3.34. The van der Waals surface area contributed by atoms with Crippen molar-refractivity contribution in [1.82, 2.24) is 10.3 Å². The summed E-state index contributed by atoms with van der Waals surface area (Å²) >= 11 is 1.39. The summed E-state index contributed by atoms with van der Waals surface area (Å²) in [5, 5.41) is 17.0. The van der Waals surface area contributed by atoms with Gasteiger partial charge in [-0.25, -0.2) is 9.78 Å². The Bertz CT molecular complexity index is 395. The van der Waals surface area contributed by atoms with Gasteiger partial charge in [0.15, 0.2) is 5.13 Å². The number of aliphatic hydroxyl groups excluding tert-OH is 1. The van der Waals surface area contributed by atoms with Gasteiger partial charge < -0.3 is 15.2 Å². The van der Waals surface area contributed by atoms with Gasteiger partial charge in [-0.15, -0.1) is 11.3 Å². The number of nitrogens with zero attached hydrogens (tertiary/aromatic N) is 1. The van der Waals surface area contributed by atoms with Crippen molar-refractivity contribution in [3.05, 3.63) is 11.1 Å². The Balaban J connectivity index is 2.44. The molecule has 0 radical (unpaired) electrons. The molecular formula is C12H21N3O3S. The number of aromatic nitrogens is 1. The van der Waals surface area contributed by atoms with Crippen LogP contribution in [0, 0.1) is 0 Å². The fourth-order valence-corrected chi connectivity index (χ4v) is 2.26. The number of anilines is 1. The third kappa shape index (κ3) is 5.54. The Labute approximate surface area is 117 Å². The molecule has 1 aromatic heterocycles. The summed E-state index contributed by atoms with van der Waals surface area (Å²) in [6, 6.07) is -0.677. The number of urea groups is 1. The van der Waals surface area contributed by atoms with Gasteiger partial charge in [-0.3, -0.25) is 5.32 Å². The maximum Gasteiger partial charge on any atom is 0.321 e. The zero-order chi connectivity index (χ0) is 14.3. The normalized spacial score (nSPS) is 12.5. The summed E-state index contributed by atoms with van der Waals surface area (Å²) < 4.78 is 4.91. The van der Waals surface area contributed by atoms with Crippen LogP contribution in [0.4, 0.5) is 9.93 Å². The lowest BCUT2D eigenvalue weighted by Crippen LogP contribution is -2.40. The van der Waals surface area contributed by atoms with Crippen LogP contribution < -0.4 is 10.6 Å². The summed E-state index contributed by atoms with van der Waals surface area (Å²) in [5.41, 5.74) is 0.957. The van der Waals surface area contributed by atoms with Crippen molar-refractivity contribution in [3.63, 3.8) is 0 Å². The fourth-order valence-electron chi connectivity index (χ4n) is 1.40. The van der Waals surface area contributed by atoms with Crippen molar-refractivity contribution in [2.24, 2.45) is 0 Å². The Kier molecular flexibility index (Phi) is 6.75. The number of amides is 2. The molecule has 1 heterocycles. The Morgan fingerprint density at radius 1 is 1.58 bits per heavy atom. The summed E-state index contributed by atoms with van der Waals surface area (Å²) in [5.74, 6) is 0.335. The van der Waals surface area contributed by atoms with Crippen molar-refractivity contribution in [3.8, 4) is 0 Å². The molecule has 1 atom stereocenters. The molecule has 0 aliphatic heterocycles. The van der Waals surface area contributed by atoms with Crippen LogP contribution in [0.25, 0.3) is 0 Å². The highest BCUT2D eigenvalue weighted by molar-refractivity contribution is 7.13. The van der Waals surface area contributed by atoms with Crippen molar-refractivity contribution >= 4 is 22.5 Å². The molecular weight excluding hydrogens is 266 g/mol. The van der Waals surface area contributed by atoms with E-state index in [-0.39, 0.29) is 18.7 Å². The number of ether oxygens (including phenoxy) is 1. The first-order chi connectivity index (χ1) is 9.06. The summed E-state index contributed by atoms with van der Waals surface area (Å²) in [6.45, 7) is 4.46. The van der Waals surface area contributed by atoms with Gasteiger partial charge in [0.2, 0.25) is 0 Å². The lowest BCUT2D eigenvalue weighted by Gasteiger charge is -2.15. The second-order valence-corrected chi connectivity index (χ2v) is 5.35. The van der Waals surface area contributed by atoms with Gasteiger partial charge in [-0.2, -0.15) is 0 Å². The third-order valence-electron chi connectivity index (χ3n) is 2.56. The molecule has 0 bridgehead atoms. The van der Waals surface area contributed by atoms with Crippen molar-refractivity contribution in [1.29, 1.82) is 0 Å². The van der Waals surface area contributed by atoms with Crippen molar-refractivity contribution in [2.75, 3.05) is 25.6 Å². The second kappa shape index (κ2) is 8.08. The predicted octanol–water partition coefficient (Wildman–Crippen LogP) is 1.79. The van der Waals surface area contributed by atoms with Gasteiger partial charge in [0.05, 0.1) is 18.3 Å². The topological polar surface area (TPSA) is 83.5 Å². The Morgan fingerprint density at radius 3 is 2.84 bits per heavy atom. The SMILES string of the molecule is COCC[C@@H](CO)NC(=O)Nc1nc(C(C)C)cs1. The maximum absolute atomic E-state index is 11.7. The van der Waals surface area contributed by atoms with E-state index in [0.717, 1.165) is 5.69 Å². The molecule has 0 fully saturated rings. The van der Waals surface area contributed by atoms with E-state index >= 15 is 0 Å². The summed E-state index contributed by atoms with van der Waals surface area (Å²) in [7, 11) is 1.58. The molecule has 2 amide bonds. The van der Waals surface area contributed by atoms with E-state index in [1.165, 1.54) is 11.3 Å². The molecule has 0 spiro atoms. The Morgan fingerprint density at radius 2 is 2.32 bits per heavy atom. The number of thiazole rings is 1. The largest absolute Gasteiger partial charge is 0.394 e. The van der Waals surface area contributed by atoms with E-state index in [1.54, 1.807) is 7.11 Å². The highest BCUT2D eigenvalue weighted by atomic mass is 32.1. The minimum atomic E-state index is -0.361. The van der Waals surface area contributed by atoms with E-state index in [9.17, 15) is 4.79 Å². The molecule has 0 unspecified atom stereocenters. The van der Waals surface area contributed by atoms with Crippen LogP contribution in [-0.2, 0) is 4.74 Å². The highest BCUT2D eigenvalue weighted by Gasteiger charge is 2.13. The van der Waals surface area contributed by atoms with Crippen LogP contribution in [0.3, 0.4) is 0 Å². The lowest BCUT2D eigenvalue weighted by molar-refractivity contribution is 0.161. The monoisotopic (exact) mass is 287 g/mol. The Hall–Kier alpha value is -1.18. The molecule has 0 aliphatic carbocycles. The number of nitrogens with one attached hydrogen (secondary N) is 2. The van der Waals surface area contributed by atoms with Crippen LogP contribution >= 0.6 is 11.3 Å². The van der Waals surface area contributed by atoms with Gasteiger partial charge in [0.1, 0.15) is 0 Å². The number of carbonyl (C=O) groups excluding carboxylic acids is 1. The molecule has 7 heteroatoms. The molecule has 108 valence electrons. The minimum absolute atomic E-state index is 0.119. The molecule has 0 aromatic carbocycles. The molecule has 1 aromatic rings. The lowest BCUT2D eigenvalue weighted by atomic mass is 10.2. The maximum atomic E-state index is 11.7. The molecule has 6 nitrogen and oxygen atoms in total. The van der Waals surface area contributed by atoms with E-state index in [4.69, 9.17) is 9.84 Å². The second-order valence-electron chi connectivity index (χ2n) is 4.49. The van der Waals surface area contributed by atoms with E-state index in [0.29, 0.717) is 24.1 Å². The van der Waals surface area contributed by atoms with Crippen molar-refractivity contribution in [2.45, 2.75) is 32.2 Å². The zero-order valence-electron chi connectivity index (χ0n) is 11.5. The quantitative estimate of drug-likeness (QED) is 0.714. The average Bonchev–Trinajstić information content (AvgIpc) is 2.83. The van der Waals surface area contributed by atoms with Crippen LogP contribution in [0.1, 0.15) is 31.9 Å². The van der Waals surface area contributed by atoms with Gasteiger partial charge in [-0.05, 0) is 12.3 Å². The van der Waals surface area contributed by atoms with Crippen LogP contribution in [0.5, 0.6) is 0 Å². The molecule has 0 saturated carbocycles. The highest BCUT2D eigenvalue weighted by Crippen LogP contribution is 2.21. The van der Waals surface area contributed by atoms with Crippen LogP contribution in [0.2, 0.25) is 0 Å². The first kappa shape index (κ1) is 15.9. The zero-order valence-corrected chi connectivity index (χ0v) is 12.3. The average molecular weight is 287 g/mol. The van der Waals surface area contributed by atoms with E-state index in [1.807, 2.05) is 19.2 Å². The van der Waals surface area contributed by atoms with E-state index < -0.39 is 0 Å². The standard InChI is InChI=1S/C12H21N3O3S/c1-8(2)10-7-19-12(14-10)15-11(17)13-9(6-16)4-5-18-3/h7-9,16H,4-6H2,1-3H3,(H2,13,14,15,17)/t9-/m0/s1. The summed E-state index contributed by atoms with van der Waals surface area (Å²) in [4.78, 5) is 16.0. The molecule has 19 heavy (non-hydrogen) atoms. The van der Waals surface area contributed by atoms with Crippen LogP contribution in [-0.4, -0.2) is 42.5 Å². The summed E-state index contributed by atoms with van der Waals surface area (Å²) in [6.07, 6.45) is 0.565. The molecule has 3 N–H and O–H groups in total.